The highest BCUT2D eigenvalue weighted by molar-refractivity contribution is 5.96. The highest BCUT2D eigenvalue weighted by Crippen LogP contribution is 2.35. The Bertz CT molecular complexity index is 1120. The lowest BCUT2D eigenvalue weighted by molar-refractivity contribution is -0.137. The first-order valence-corrected chi connectivity index (χ1v) is 9.06. The molecular weight excluding hydrogens is 397 g/mol. The van der Waals surface area contributed by atoms with Crippen molar-refractivity contribution in [1.82, 2.24) is 9.88 Å². The lowest BCUT2D eigenvalue weighted by Gasteiger charge is -2.17. The second-order valence-corrected chi connectivity index (χ2v) is 6.78. The number of carbonyl (C=O) groups is 2. The zero-order chi connectivity index (χ0) is 22.1. The highest BCUT2D eigenvalue weighted by Gasteiger charge is 2.34. The number of carbonyl (C=O) groups excluding carboxylic acids is 1. The predicted octanol–water partition coefficient (Wildman–Crippen LogP) is 4.74. The first kappa shape index (κ1) is 21.2. The molecule has 1 amide bonds. The Morgan fingerprint density at radius 2 is 1.63 bits per heavy atom. The van der Waals surface area contributed by atoms with Gasteiger partial charge in [0.15, 0.2) is 0 Å². The van der Waals surface area contributed by atoms with Gasteiger partial charge in [-0.3, -0.25) is 4.79 Å². The Labute approximate surface area is 170 Å². The fourth-order valence-electron chi connectivity index (χ4n) is 3.43. The van der Waals surface area contributed by atoms with Crippen molar-refractivity contribution in [3.05, 3.63) is 88.2 Å². The van der Waals surface area contributed by atoms with Crippen molar-refractivity contribution in [2.75, 3.05) is 0 Å². The van der Waals surface area contributed by atoms with Crippen molar-refractivity contribution < 1.29 is 27.9 Å². The van der Waals surface area contributed by atoms with Crippen LogP contribution in [-0.2, 0) is 12.7 Å². The van der Waals surface area contributed by atoms with E-state index in [1.165, 1.54) is 34.9 Å². The standard InChI is InChI=1S/C22H19F3N2O3/c1-13-11-17(20(28)26-12-15-7-3-4-8-16(15)21(29)30)14(2)27(13)19-10-6-5-9-18(19)22(23,24)25/h3-11H,12H2,1-2H3,(H,26,28)(H,29,30). The molecule has 3 aromatic rings. The number of hydrogen-bond donors (Lipinski definition) is 2. The zero-order valence-corrected chi connectivity index (χ0v) is 16.2. The van der Waals surface area contributed by atoms with Crippen molar-refractivity contribution in [2.24, 2.45) is 0 Å². The maximum absolute atomic E-state index is 13.4. The van der Waals surface area contributed by atoms with Gasteiger partial charge in [0.05, 0.1) is 22.4 Å². The molecule has 0 unspecified atom stereocenters. The van der Waals surface area contributed by atoms with Gasteiger partial charge in [-0.05, 0) is 43.7 Å². The predicted molar refractivity (Wildman–Crippen MR) is 105 cm³/mol. The lowest BCUT2D eigenvalue weighted by Crippen LogP contribution is -2.24. The van der Waals surface area contributed by atoms with Gasteiger partial charge in [-0.25, -0.2) is 4.79 Å². The second kappa shape index (κ2) is 8.06. The minimum atomic E-state index is -4.54. The minimum Gasteiger partial charge on any atom is -0.478 e. The number of aromatic nitrogens is 1. The number of para-hydroxylation sites is 1. The van der Waals surface area contributed by atoms with E-state index in [9.17, 15) is 27.9 Å². The Kier molecular flexibility index (Phi) is 5.69. The van der Waals surface area contributed by atoms with E-state index in [0.29, 0.717) is 17.0 Å². The fraction of sp³-hybridized carbons (Fsp3) is 0.182. The van der Waals surface area contributed by atoms with Crippen molar-refractivity contribution in [3.8, 4) is 5.69 Å². The van der Waals surface area contributed by atoms with Crippen molar-refractivity contribution in [2.45, 2.75) is 26.6 Å². The van der Waals surface area contributed by atoms with E-state index in [1.54, 1.807) is 32.0 Å². The molecule has 156 valence electrons. The monoisotopic (exact) mass is 416 g/mol. The molecule has 0 aliphatic heterocycles. The quantitative estimate of drug-likeness (QED) is 0.631. The normalized spacial score (nSPS) is 11.4. The Balaban J connectivity index is 1.92. The van der Waals surface area contributed by atoms with Crippen LogP contribution in [0.3, 0.4) is 0 Å². The molecular formula is C22H19F3N2O3. The van der Waals surface area contributed by atoms with E-state index in [2.05, 4.69) is 5.32 Å². The summed E-state index contributed by atoms with van der Waals surface area (Å²) in [5.41, 5.74) is 0.687. The average molecular weight is 416 g/mol. The Morgan fingerprint density at radius 3 is 2.30 bits per heavy atom. The van der Waals surface area contributed by atoms with Gasteiger partial charge in [0.1, 0.15) is 0 Å². The number of benzene rings is 2. The highest BCUT2D eigenvalue weighted by atomic mass is 19.4. The summed E-state index contributed by atoms with van der Waals surface area (Å²) in [6.07, 6.45) is -4.54. The number of hydrogen-bond acceptors (Lipinski definition) is 2. The third-order valence-electron chi connectivity index (χ3n) is 4.81. The fourth-order valence-corrected chi connectivity index (χ4v) is 3.43. The first-order valence-electron chi connectivity index (χ1n) is 9.06. The van der Waals surface area contributed by atoms with Gasteiger partial charge in [-0.15, -0.1) is 0 Å². The molecule has 0 aliphatic carbocycles. The van der Waals surface area contributed by atoms with E-state index in [1.807, 2.05) is 0 Å². The molecule has 2 aromatic carbocycles. The molecule has 0 aliphatic rings. The van der Waals surface area contributed by atoms with Gasteiger partial charge in [0.2, 0.25) is 0 Å². The molecule has 1 aromatic heterocycles. The summed E-state index contributed by atoms with van der Waals surface area (Å²) in [5.74, 6) is -1.61. The molecule has 0 fully saturated rings. The lowest BCUT2D eigenvalue weighted by atomic mass is 10.1. The SMILES string of the molecule is Cc1cc(C(=O)NCc2ccccc2C(=O)O)c(C)n1-c1ccccc1C(F)(F)F. The van der Waals surface area contributed by atoms with E-state index >= 15 is 0 Å². The number of carboxylic acids is 1. The van der Waals surface area contributed by atoms with Crippen LogP contribution in [0.1, 0.15) is 43.2 Å². The Morgan fingerprint density at radius 1 is 1.00 bits per heavy atom. The van der Waals surface area contributed by atoms with Gasteiger partial charge in [-0.2, -0.15) is 13.2 Å². The van der Waals surface area contributed by atoms with E-state index in [0.717, 1.165) is 6.07 Å². The molecule has 0 radical (unpaired) electrons. The van der Waals surface area contributed by atoms with Crippen molar-refractivity contribution in [1.29, 1.82) is 0 Å². The first-order chi connectivity index (χ1) is 14.1. The van der Waals surface area contributed by atoms with E-state index in [-0.39, 0.29) is 23.4 Å². The summed E-state index contributed by atoms with van der Waals surface area (Å²) >= 11 is 0. The largest absolute Gasteiger partial charge is 0.478 e. The summed E-state index contributed by atoms with van der Waals surface area (Å²) in [5, 5.41) is 11.9. The van der Waals surface area contributed by atoms with Crippen molar-refractivity contribution >= 4 is 11.9 Å². The molecule has 5 nitrogen and oxygen atoms in total. The molecule has 3 rings (SSSR count). The molecule has 2 N–H and O–H groups in total. The number of nitrogens with one attached hydrogen (secondary N) is 1. The molecule has 0 saturated heterocycles. The van der Waals surface area contributed by atoms with E-state index < -0.39 is 23.6 Å². The van der Waals surface area contributed by atoms with Gasteiger partial charge >= 0.3 is 12.1 Å². The molecule has 0 spiro atoms. The smallest absolute Gasteiger partial charge is 0.418 e. The molecule has 0 saturated carbocycles. The topological polar surface area (TPSA) is 71.3 Å². The van der Waals surface area contributed by atoms with Crippen LogP contribution in [0.15, 0.2) is 54.6 Å². The second-order valence-electron chi connectivity index (χ2n) is 6.78. The molecule has 0 bridgehead atoms. The van der Waals surface area contributed by atoms with Gasteiger partial charge in [0, 0.05) is 17.9 Å². The number of alkyl halides is 3. The molecule has 0 atom stereocenters. The number of rotatable bonds is 5. The summed E-state index contributed by atoms with van der Waals surface area (Å²) in [6, 6.07) is 13.0. The number of amides is 1. The third kappa shape index (κ3) is 4.07. The molecule has 30 heavy (non-hydrogen) atoms. The van der Waals surface area contributed by atoms with Gasteiger partial charge in [-0.1, -0.05) is 30.3 Å². The summed E-state index contributed by atoms with van der Waals surface area (Å²) in [4.78, 5) is 24.0. The number of aryl methyl sites for hydroxylation is 1. The Hall–Kier alpha value is -3.55. The number of carboxylic acid groups (broad SMARTS) is 1. The van der Waals surface area contributed by atoms with Gasteiger partial charge in [0.25, 0.3) is 5.91 Å². The zero-order valence-electron chi connectivity index (χ0n) is 16.2. The molecule has 8 heteroatoms. The van der Waals surface area contributed by atoms with Crippen LogP contribution >= 0.6 is 0 Å². The van der Waals surface area contributed by atoms with Crippen molar-refractivity contribution in [3.63, 3.8) is 0 Å². The number of nitrogens with zero attached hydrogens (tertiary/aromatic N) is 1. The van der Waals surface area contributed by atoms with E-state index in [4.69, 9.17) is 0 Å². The van der Waals surface area contributed by atoms with Crippen LogP contribution in [0.25, 0.3) is 5.69 Å². The van der Waals surface area contributed by atoms with Crippen LogP contribution in [-0.4, -0.2) is 21.6 Å². The molecule has 1 heterocycles. The van der Waals surface area contributed by atoms with Crippen LogP contribution < -0.4 is 5.32 Å². The van der Waals surface area contributed by atoms with Crippen LogP contribution in [0.5, 0.6) is 0 Å². The van der Waals surface area contributed by atoms with Crippen LogP contribution in [0.4, 0.5) is 13.2 Å². The van der Waals surface area contributed by atoms with Crippen LogP contribution in [0, 0.1) is 13.8 Å². The van der Waals surface area contributed by atoms with Crippen LogP contribution in [0.2, 0.25) is 0 Å². The van der Waals surface area contributed by atoms with Gasteiger partial charge < -0.3 is 15.0 Å². The maximum atomic E-state index is 13.4. The summed E-state index contributed by atoms with van der Waals surface area (Å²) in [6.45, 7) is 3.17. The third-order valence-corrected chi connectivity index (χ3v) is 4.81. The maximum Gasteiger partial charge on any atom is 0.418 e. The minimum absolute atomic E-state index is 0.0237. The summed E-state index contributed by atoms with van der Waals surface area (Å²) < 4.78 is 41.7. The summed E-state index contributed by atoms with van der Waals surface area (Å²) in [7, 11) is 0. The number of halogens is 3. The average Bonchev–Trinajstić information content (AvgIpc) is 2.99. The number of aromatic carboxylic acids is 1.